The Bertz CT molecular complexity index is 1410. The van der Waals surface area contributed by atoms with Gasteiger partial charge < -0.3 is 37.6 Å². The van der Waals surface area contributed by atoms with Crippen LogP contribution in [0.25, 0.3) is 0 Å². The van der Waals surface area contributed by atoms with Crippen molar-refractivity contribution in [2.45, 2.75) is 159 Å². The third kappa shape index (κ3) is 13.3. The van der Waals surface area contributed by atoms with Gasteiger partial charge >= 0.3 is 14.2 Å². The van der Waals surface area contributed by atoms with Crippen LogP contribution in [0.15, 0.2) is 87.0 Å². The zero-order valence-corrected chi connectivity index (χ0v) is 37.2. The summed E-state index contributed by atoms with van der Waals surface area (Å²) < 4.78 is 53.7. The van der Waals surface area contributed by atoms with E-state index in [0.717, 1.165) is 117 Å². The van der Waals surface area contributed by atoms with Gasteiger partial charge in [0.1, 0.15) is 23.0 Å². The smallest absolute Gasteiger partial charge is 0.494 e. The Balaban J connectivity index is 1.12. The first-order valence-corrected chi connectivity index (χ1v) is 24.0. The molecule has 6 rings (SSSR count). The van der Waals surface area contributed by atoms with Crippen molar-refractivity contribution >= 4 is 25.2 Å². The average Bonchev–Trinajstić information content (AvgIpc) is 4.06. The van der Waals surface area contributed by atoms with Crippen LogP contribution in [0.5, 0.6) is 23.0 Å². The van der Waals surface area contributed by atoms with Crippen LogP contribution in [0.2, 0.25) is 0 Å². The van der Waals surface area contributed by atoms with Crippen LogP contribution in [0, 0.1) is 11.8 Å². The normalized spacial score (nSPS) is 22.2. The predicted octanol–water partition coefficient (Wildman–Crippen LogP) is 11.1. The van der Waals surface area contributed by atoms with Gasteiger partial charge in [0, 0.05) is 11.8 Å². The molecule has 4 aliphatic rings. The molecular weight excluding hydrogens is 762 g/mol. The van der Waals surface area contributed by atoms with E-state index in [-0.39, 0.29) is 36.3 Å². The molecule has 2 unspecified atom stereocenters. The third-order valence-corrected chi connectivity index (χ3v) is 12.8. The van der Waals surface area contributed by atoms with E-state index in [1.54, 1.807) is 0 Å². The number of unbranched alkanes of at least 4 members (excludes halogenated alkanes) is 16. The summed E-state index contributed by atoms with van der Waals surface area (Å²) in [5.74, 6) is 3.38. The van der Waals surface area contributed by atoms with E-state index in [9.17, 15) is 0 Å². The lowest BCUT2D eigenvalue weighted by molar-refractivity contribution is -0.00476. The van der Waals surface area contributed by atoms with Gasteiger partial charge in [-0.1, -0.05) is 87.8 Å². The molecule has 2 aromatic rings. The Hall–Kier alpha value is -3.43. The maximum Gasteiger partial charge on any atom is 0.502 e. The van der Waals surface area contributed by atoms with Gasteiger partial charge in [-0.3, -0.25) is 0 Å². The van der Waals surface area contributed by atoms with Gasteiger partial charge in [0.15, 0.2) is 0 Å². The van der Waals surface area contributed by atoms with E-state index in [1.165, 1.54) is 51.4 Å². The molecule has 4 fully saturated rings. The summed E-state index contributed by atoms with van der Waals surface area (Å²) in [6.07, 6.45) is 30.5. The van der Waals surface area contributed by atoms with Crippen LogP contribution >= 0.6 is 0 Å². The topological polar surface area (TPSA) is 73.8 Å². The molecule has 2 aromatic carbocycles. The van der Waals surface area contributed by atoms with Gasteiger partial charge in [0.2, 0.25) is 0 Å². The van der Waals surface area contributed by atoms with Gasteiger partial charge in [-0.2, -0.15) is 0 Å². The summed E-state index contributed by atoms with van der Waals surface area (Å²) in [5, 5.41) is 0. The first kappa shape index (κ1) is 47.1. The van der Waals surface area contributed by atoms with Gasteiger partial charge in [-0.15, -0.1) is 26.3 Å². The van der Waals surface area contributed by atoms with Crippen LogP contribution in [-0.4, -0.2) is 65.1 Å². The van der Waals surface area contributed by atoms with E-state index in [1.807, 2.05) is 60.7 Å². The van der Waals surface area contributed by atoms with Gasteiger partial charge in [-0.25, -0.2) is 0 Å². The number of fused-ring (bicyclic) bond motifs is 8. The summed E-state index contributed by atoms with van der Waals surface area (Å²) in [6, 6.07) is 12.1. The molecule has 0 spiro atoms. The molecule has 61 heavy (non-hydrogen) atoms. The highest BCUT2D eigenvalue weighted by molar-refractivity contribution is 6.64. The number of ether oxygens (including phenoxy) is 4. The summed E-state index contributed by atoms with van der Waals surface area (Å²) in [4.78, 5) is 0. The molecule has 332 valence electrons. The molecule has 2 saturated heterocycles. The van der Waals surface area contributed by atoms with Crippen molar-refractivity contribution in [3.8, 4) is 23.0 Å². The molecule has 2 aliphatic heterocycles. The van der Waals surface area contributed by atoms with E-state index >= 15 is 0 Å². The standard InChI is InChI=1S/C51H74B2O8/c1-5-9-13-17-21-25-35-54-42-31-29-32-43(55-36-26-22-18-14-10-6-2)46(42)52-58-48-40-39-41(49(48)59-52)51-50(40)60-53(61-51)47-44(56-37-27-23-19-15-11-7-3)33-30-34-45(47)57-38-28-24-20-16-12-8-4/h5-8,29-34,40-41,48-51H,1-4,9-28,35-39H2/t40?,41?,48-,49+,50+,51-. The van der Waals surface area contributed by atoms with E-state index in [4.69, 9.17) is 37.6 Å². The van der Waals surface area contributed by atoms with E-state index in [0.29, 0.717) is 26.4 Å². The Kier molecular flexibility index (Phi) is 20.3. The Morgan fingerprint density at radius 1 is 0.410 bits per heavy atom. The number of hydrogen-bond donors (Lipinski definition) is 0. The maximum absolute atomic E-state index is 6.93. The second kappa shape index (κ2) is 26.3. The fourth-order valence-corrected chi connectivity index (χ4v) is 9.54. The van der Waals surface area contributed by atoms with Crippen molar-refractivity contribution in [3.63, 3.8) is 0 Å². The van der Waals surface area contributed by atoms with Crippen LogP contribution in [-0.2, 0) is 18.6 Å². The van der Waals surface area contributed by atoms with Crippen molar-refractivity contribution in [1.29, 1.82) is 0 Å². The van der Waals surface area contributed by atoms with Crippen LogP contribution < -0.4 is 29.9 Å². The van der Waals surface area contributed by atoms with Crippen molar-refractivity contribution in [2.75, 3.05) is 26.4 Å². The summed E-state index contributed by atoms with van der Waals surface area (Å²) in [7, 11) is -1.19. The minimum absolute atomic E-state index is 0.112. The first-order valence-electron chi connectivity index (χ1n) is 24.0. The highest BCUT2D eigenvalue weighted by atomic mass is 16.7. The van der Waals surface area contributed by atoms with Gasteiger partial charge in [0.25, 0.3) is 0 Å². The molecule has 2 heterocycles. The summed E-state index contributed by atoms with van der Waals surface area (Å²) >= 11 is 0. The number of benzene rings is 2. The fraction of sp³-hybridized carbons (Fsp3) is 0.608. The lowest BCUT2D eigenvalue weighted by atomic mass is 9.77. The lowest BCUT2D eigenvalue weighted by Crippen LogP contribution is -2.44. The van der Waals surface area contributed by atoms with Crippen LogP contribution in [0.3, 0.4) is 0 Å². The van der Waals surface area contributed by atoms with Crippen molar-refractivity contribution < 1.29 is 37.6 Å². The third-order valence-electron chi connectivity index (χ3n) is 12.8. The van der Waals surface area contributed by atoms with Crippen molar-refractivity contribution in [1.82, 2.24) is 0 Å². The molecular formula is C51H74B2O8. The zero-order valence-electron chi connectivity index (χ0n) is 37.2. The average molecular weight is 837 g/mol. The zero-order chi connectivity index (χ0) is 42.5. The molecule has 10 heteroatoms. The monoisotopic (exact) mass is 837 g/mol. The largest absolute Gasteiger partial charge is 0.502 e. The Morgan fingerprint density at radius 2 is 0.672 bits per heavy atom. The van der Waals surface area contributed by atoms with E-state index in [2.05, 4.69) is 26.3 Å². The summed E-state index contributed by atoms with van der Waals surface area (Å²) in [5.41, 5.74) is 1.71. The summed E-state index contributed by atoms with van der Waals surface area (Å²) in [6.45, 7) is 17.9. The molecule has 0 aromatic heterocycles. The number of allylic oxidation sites excluding steroid dienone is 4. The maximum atomic E-state index is 6.93. The number of rotatable bonds is 34. The molecule has 0 radical (unpaired) electrons. The molecule has 2 bridgehead atoms. The Labute approximate surface area is 369 Å². The van der Waals surface area contributed by atoms with Gasteiger partial charge in [0.05, 0.1) is 61.8 Å². The fourth-order valence-electron chi connectivity index (χ4n) is 9.54. The molecule has 6 atom stereocenters. The SMILES string of the molecule is C=CCCCCCCOc1cccc(OCCCCCCC=C)c1B1O[C@@H]2C3CC([C@H]4OB(c5c(OCCCCCCC=C)cccc5OCCCCCCC=C)O[C@@H]34)[C@@H]2O1. The predicted molar refractivity (Wildman–Crippen MR) is 250 cm³/mol. The van der Waals surface area contributed by atoms with Crippen LogP contribution in [0.4, 0.5) is 0 Å². The molecule has 8 nitrogen and oxygen atoms in total. The highest BCUT2D eigenvalue weighted by Crippen LogP contribution is 2.55. The van der Waals surface area contributed by atoms with Crippen LogP contribution in [0.1, 0.15) is 135 Å². The van der Waals surface area contributed by atoms with Crippen molar-refractivity contribution in [2.24, 2.45) is 11.8 Å². The Morgan fingerprint density at radius 3 is 0.934 bits per heavy atom. The molecule has 2 aliphatic carbocycles. The first-order chi connectivity index (χ1) is 30.2. The second-order valence-corrected chi connectivity index (χ2v) is 17.3. The second-order valence-electron chi connectivity index (χ2n) is 17.3. The molecule has 0 amide bonds. The minimum Gasteiger partial charge on any atom is -0.494 e. The highest BCUT2D eigenvalue weighted by Gasteiger charge is 2.68. The van der Waals surface area contributed by atoms with E-state index < -0.39 is 14.2 Å². The molecule has 0 N–H and O–H groups in total. The lowest BCUT2D eigenvalue weighted by Gasteiger charge is -2.31. The quantitative estimate of drug-likeness (QED) is 0.0392. The van der Waals surface area contributed by atoms with Gasteiger partial charge in [-0.05, 0) is 108 Å². The number of hydrogen-bond acceptors (Lipinski definition) is 8. The van der Waals surface area contributed by atoms with Crippen molar-refractivity contribution in [3.05, 3.63) is 87.0 Å². The minimum atomic E-state index is -0.594. The molecule has 2 saturated carbocycles.